The van der Waals surface area contributed by atoms with Gasteiger partial charge in [-0.15, -0.1) is 11.3 Å². The van der Waals surface area contributed by atoms with E-state index in [9.17, 15) is 4.79 Å². The average Bonchev–Trinajstić information content (AvgIpc) is 3.23. The van der Waals surface area contributed by atoms with Gasteiger partial charge in [-0.3, -0.25) is 9.69 Å². The van der Waals surface area contributed by atoms with Gasteiger partial charge >= 0.3 is 0 Å². The molecule has 1 saturated heterocycles. The zero-order valence-electron chi connectivity index (χ0n) is 16.4. The quantitative estimate of drug-likeness (QED) is 0.792. The van der Waals surface area contributed by atoms with Gasteiger partial charge in [0, 0.05) is 42.7 Å². The number of nitrogens with zero attached hydrogens (tertiary/aromatic N) is 2. The van der Waals surface area contributed by atoms with Crippen molar-refractivity contribution in [3.8, 4) is 5.75 Å². The standard InChI is InChI=1S/C21H29N3O2S/c1-4-23-10-12-24(13-11-23)20(19-9-6-14-27-19)16(2)22-21(25)17-7-5-8-18(15-17)26-3/h5-9,14-16,20H,4,10-13H2,1-3H3,(H,22,25)/t16-,20-/m1/s1. The van der Waals surface area contributed by atoms with E-state index in [0.29, 0.717) is 11.3 Å². The lowest BCUT2D eigenvalue weighted by atomic mass is 10.0. The van der Waals surface area contributed by atoms with Crippen LogP contribution in [0.15, 0.2) is 41.8 Å². The van der Waals surface area contributed by atoms with Crippen molar-refractivity contribution in [1.82, 2.24) is 15.1 Å². The van der Waals surface area contributed by atoms with Crippen molar-refractivity contribution in [3.63, 3.8) is 0 Å². The number of carbonyl (C=O) groups is 1. The van der Waals surface area contributed by atoms with E-state index in [1.165, 1.54) is 4.88 Å². The van der Waals surface area contributed by atoms with E-state index in [1.54, 1.807) is 24.5 Å². The van der Waals surface area contributed by atoms with Gasteiger partial charge in [0.2, 0.25) is 0 Å². The molecule has 2 aromatic rings. The summed E-state index contributed by atoms with van der Waals surface area (Å²) in [4.78, 5) is 19.1. The first-order valence-electron chi connectivity index (χ1n) is 9.57. The third-order valence-corrected chi connectivity index (χ3v) is 6.19. The molecule has 2 heterocycles. The summed E-state index contributed by atoms with van der Waals surface area (Å²) in [6, 6.07) is 11.8. The molecule has 0 bridgehead atoms. The van der Waals surface area contributed by atoms with Gasteiger partial charge < -0.3 is 15.0 Å². The molecule has 2 atom stereocenters. The molecule has 0 saturated carbocycles. The summed E-state index contributed by atoms with van der Waals surface area (Å²) in [5.74, 6) is 0.635. The van der Waals surface area contributed by atoms with Crippen LogP contribution in [0.3, 0.4) is 0 Å². The van der Waals surface area contributed by atoms with Gasteiger partial charge in [-0.05, 0) is 43.1 Å². The molecule has 5 nitrogen and oxygen atoms in total. The van der Waals surface area contributed by atoms with Crippen molar-refractivity contribution >= 4 is 17.2 Å². The zero-order chi connectivity index (χ0) is 19.2. The van der Waals surface area contributed by atoms with Crippen molar-refractivity contribution in [3.05, 3.63) is 52.2 Å². The predicted octanol–water partition coefficient (Wildman–Crippen LogP) is 3.25. The maximum atomic E-state index is 12.8. The Kier molecular flexibility index (Phi) is 6.88. The molecule has 0 radical (unpaired) electrons. The number of likely N-dealkylation sites (N-methyl/N-ethyl adjacent to an activating group) is 1. The van der Waals surface area contributed by atoms with Crippen molar-refractivity contribution in [2.45, 2.75) is 25.9 Å². The predicted molar refractivity (Wildman–Crippen MR) is 111 cm³/mol. The third-order valence-electron chi connectivity index (χ3n) is 5.25. The number of amides is 1. The molecule has 146 valence electrons. The van der Waals surface area contributed by atoms with Crippen molar-refractivity contribution in [2.75, 3.05) is 39.8 Å². The summed E-state index contributed by atoms with van der Waals surface area (Å²) in [6.07, 6.45) is 0. The Hall–Kier alpha value is -1.89. The number of piperazine rings is 1. The Labute approximate surface area is 165 Å². The van der Waals surface area contributed by atoms with E-state index in [-0.39, 0.29) is 18.0 Å². The molecule has 1 amide bonds. The number of benzene rings is 1. The maximum absolute atomic E-state index is 12.8. The summed E-state index contributed by atoms with van der Waals surface area (Å²) in [5.41, 5.74) is 0.627. The van der Waals surface area contributed by atoms with E-state index in [0.717, 1.165) is 32.7 Å². The summed E-state index contributed by atoms with van der Waals surface area (Å²) in [5, 5.41) is 5.33. The maximum Gasteiger partial charge on any atom is 0.251 e. The van der Waals surface area contributed by atoms with E-state index < -0.39 is 0 Å². The minimum atomic E-state index is -0.0600. The van der Waals surface area contributed by atoms with Gasteiger partial charge in [-0.1, -0.05) is 19.1 Å². The monoisotopic (exact) mass is 387 g/mol. The van der Waals surface area contributed by atoms with Crippen LogP contribution in [0.4, 0.5) is 0 Å². The van der Waals surface area contributed by atoms with Crippen molar-refractivity contribution < 1.29 is 9.53 Å². The Balaban J connectivity index is 1.73. The summed E-state index contributed by atoms with van der Waals surface area (Å²) in [7, 11) is 1.61. The molecule has 0 unspecified atom stereocenters. The second-order valence-corrected chi connectivity index (χ2v) is 7.90. The van der Waals surface area contributed by atoms with Crippen LogP contribution in [0.5, 0.6) is 5.75 Å². The lowest BCUT2D eigenvalue weighted by Crippen LogP contribution is -2.52. The molecule has 3 rings (SSSR count). The molecular formula is C21H29N3O2S. The number of hydrogen-bond acceptors (Lipinski definition) is 5. The SMILES string of the molecule is CCN1CCN([C@@H](c2cccs2)[C@@H](C)NC(=O)c2cccc(OC)c2)CC1. The highest BCUT2D eigenvalue weighted by Gasteiger charge is 2.30. The number of thiophene rings is 1. The Morgan fingerprint density at radius 1 is 1.22 bits per heavy atom. The van der Waals surface area contributed by atoms with Crippen LogP contribution in [-0.4, -0.2) is 61.6 Å². The lowest BCUT2D eigenvalue weighted by molar-refractivity contribution is 0.0753. The van der Waals surface area contributed by atoms with E-state index >= 15 is 0 Å². The normalized spacial score (nSPS) is 18.0. The summed E-state index contributed by atoms with van der Waals surface area (Å²) >= 11 is 1.76. The Bertz CT molecular complexity index is 727. The van der Waals surface area contributed by atoms with Gasteiger partial charge in [0.05, 0.1) is 13.2 Å². The first-order chi connectivity index (χ1) is 13.1. The number of nitrogens with one attached hydrogen (secondary N) is 1. The molecule has 1 N–H and O–H groups in total. The minimum Gasteiger partial charge on any atom is -0.497 e. The molecule has 0 aliphatic carbocycles. The third kappa shape index (κ3) is 4.89. The largest absolute Gasteiger partial charge is 0.497 e. The Morgan fingerprint density at radius 2 is 2.00 bits per heavy atom. The van der Waals surface area contributed by atoms with Crippen LogP contribution in [0.2, 0.25) is 0 Å². The number of ether oxygens (including phenoxy) is 1. The number of methoxy groups -OCH3 is 1. The average molecular weight is 388 g/mol. The van der Waals surface area contributed by atoms with Gasteiger partial charge in [0.25, 0.3) is 5.91 Å². The van der Waals surface area contributed by atoms with Gasteiger partial charge in [0.1, 0.15) is 5.75 Å². The van der Waals surface area contributed by atoms with Crippen LogP contribution in [0.1, 0.15) is 35.1 Å². The minimum absolute atomic E-state index is 0.00975. The van der Waals surface area contributed by atoms with Crippen molar-refractivity contribution in [1.29, 1.82) is 0 Å². The number of hydrogen-bond donors (Lipinski definition) is 1. The smallest absolute Gasteiger partial charge is 0.251 e. The molecule has 27 heavy (non-hydrogen) atoms. The van der Waals surface area contributed by atoms with Crippen LogP contribution >= 0.6 is 11.3 Å². The number of rotatable bonds is 7. The van der Waals surface area contributed by atoms with Gasteiger partial charge in [-0.2, -0.15) is 0 Å². The fraction of sp³-hybridized carbons (Fsp3) is 0.476. The van der Waals surface area contributed by atoms with E-state index in [4.69, 9.17) is 4.74 Å². The molecule has 1 aromatic carbocycles. The number of carbonyl (C=O) groups excluding carboxylic acids is 1. The fourth-order valence-corrected chi connectivity index (χ4v) is 4.66. The molecule has 1 aliphatic heterocycles. The molecule has 1 fully saturated rings. The van der Waals surface area contributed by atoms with Crippen LogP contribution in [-0.2, 0) is 0 Å². The molecule has 6 heteroatoms. The van der Waals surface area contributed by atoms with Crippen LogP contribution in [0.25, 0.3) is 0 Å². The highest BCUT2D eigenvalue weighted by molar-refractivity contribution is 7.10. The fourth-order valence-electron chi connectivity index (χ4n) is 3.69. The van der Waals surface area contributed by atoms with Crippen LogP contribution < -0.4 is 10.1 Å². The van der Waals surface area contributed by atoms with E-state index in [1.807, 2.05) is 18.2 Å². The Morgan fingerprint density at radius 3 is 2.63 bits per heavy atom. The second kappa shape index (κ2) is 9.35. The summed E-state index contributed by atoms with van der Waals surface area (Å²) < 4.78 is 5.24. The van der Waals surface area contributed by atoms with E-state index in [2.05, 4.69) is 46.5 Å². The molecule has 1 aliphatic rings. The highest BCUT2D eigenvalue weighted by Crippen LogP contribution is 2.29. The van der Waals surface area contributed by atoms with Gasteiger partial charge in [0.15, 0.2) is 0 Å². The lowest BCUT2D eigenvalue weighted by Gasteiger charge is -2.41. The van der Waals surface area contributed by atoms with Crippen molar-refractivity contribution in [2.24, 2.45) is 0 Å². The zero-order valence-corrected chi connectivity index (χ0v) is 17.2. The molecular weight excluding hydrogens is 358 g/mol. The first-order valence-corrected chi connectivity index (χ1v) is 10.4. The van der Waals surface area contributed by atoms with Gasteiger partial charge in [-0.25, -0.2) is 0 Å². The molecule has 0 spiro atoms. The first kappa shape index (κ1) is 19.9. The summed E-state index contributed by atoms with van der Waals surface area (Å²) in [6.45, 7) is 9.62. The molecule has 1 aromatic heterocycles. The second-order valence-electron chi connectivity index (χ2n) is 6.92. The topological polar surface area (TPSA) is 44.8 Å². The van der Waals surface area contributed by atoms with Crippen LogP contribution in [0, 0.1) is 0 Å². The highest BCUT2D eigenvalue weighted by atomic mass is 32.1.